The van der Waals surface area contributed by atoms with Crippen LogP contribution in [0.15, 0.2) is 24.3 Å². The van der Waals surface area contributed by atoms with Crippen molar-refractivity contribution in [1.82, 2.24) is 10.2 Å². The number of aryl methyl sites for hydroxylation is 1. The lowest BCUT2D eigenvalue weighted by molar-refractivity contribution is -0.137. The van der Waals surface area contributed by atoms with E-state index in [1.807, 2.05) is 11.9 Å². The number of amides is 1. The maximum atomic E-state index is 12.7. The van der Waals surface area contributed by atoms with Crippen LogP contribution in [-0.4, -0.2) is 30.9 Å². The summed E-state index contributed by atoms with van der Waals surface area (Å²) in [5.74, 6) is 0.488. The first-order chi connectivity index (χ1) is 9.77. The summed E-state index contributed by atoms with van der Waals surface area (Å²) in [6, 6.07) is 8.88. The molecule has 0 spiro atoms. The molecule has 3 rings (SSSR count). The molecule has 0 bridgehead atoms. The second kappa shape index (κ2) is 5.96. The van der Waals surface area contributed by atoms with E-state index >= 15 is 0 Å². The van der Waals surface area contributed by atoms with Crippen LogP contribution in [0.2, 0.25) is 0 Å². The fourth-order valence-electron chi connectivity index (χ4n) is 3.63. The van der Waals surface area contributed by atoms with Gasteiger partial charge in [0.25, 0.3) is 0 Å². The molecule has 0 saturated carbocycles. The van der Waals surface area contributed by atoms with Crippen LogP contribution >= 0.6 is 0 Å². The van der Waals surface area contributed by atoms with Crippen molar-refractivity contribution in [3.05, 3.63) is 35.4 Å². The number of carbonyl (C=O) groups excluding carboxylic acids is 1. The van der Waals surface area contributed by atoms with Crippen molar-refractivity contribution < 1.29 is 4.79 Å². The first-order valence-electron chi connectivity index (χ1n) is 7.82. The molecule has 1 fully saturated rings. The Kier molecular flexibility index (Phi) is 4.06. The minimum Gasteiger partial charge on any atom is -0.338 e. The number of benzene rings is 1. The second-order valence-electron chi connectivity index (χ2n) is 6.10. The van der Waals surface area contributed by atoms with Crippen LogP contribution in [0.4, 0.5) is 0 Å². The molecular formula is C17H24N2O. The second-order valence-corrected chi connectivity index (χ2v) is 6.10. The van der Waals surface area contributed by atoms with Gasteiger partial charge in [-0.15, -0.1) is 0 Å². The van der Waals surface area contributed by atoms with Crippen molar-refractivity contribution in [2.45, 2.75) is 38.1 Å². The van der Waals surface area contributed by atoms with E-state index in [9.17, 15) is 4.79 Å². The van der Waals surface area contributed by atoms with Gasteiger partial charge < -0.3 is 10.2 Å². The number of piperidine rings is 1. The monoisotopic (exact) mass is 272 g/mol. The summed E-state index contributed by atoms with van der Waals surface area (Å²) >= 11 is 0. The summed E-state index contributed by atoms with van der Waals surface area (Å²) in [6.07, 6.45) is 5.58. The maximum absolute atomic E-state index is 12.7. The van der Waals surface area contributed by atoms with Gasteiger partial charge in [0.2, 0.25) is 5.91 Å². The fraction of sp³-hybridized carbons (Fsp3) is 0.588. The quantitative estimate of drug-likeness (QED) is 0.897. The van der Waals surface area contributed by atoms with Gasteiger partial charge in [-0.2, -0.15) is 0 Å². The highest BCUT2D eigenvalue weighted by Gasteiger charge is 2.30. The van der Waals surface area contributed by atoms with Crippen molar-refractivity contribution in [3.63, 3.8) is 0 Å². The van der Waals surface area contributed by atoms with E-state index in [-0.39, 0.29) is 12.0 Å². The van der Waals surface area contributed by atoms with Crippen molar-refractivity contribution in [2.24, 2.45) is 5.92 Å². The first kappa shape index (κ1) is 13.6. The van der Waals surface area contributed by atoms with E-state index in [1.165, 1.54) is 17.5 Å². The first-order valence-corrected chi connectivity index (χ1v) is 7.82. The van der Waals surface area contributed by atoms with E-state index in [4.69, 9.17) is 0 Å². The highest BCUT2D eigenvalue weighted by atomic mass is 16.2. The molecule has 1 amide bonds. The molecule has 20 heavy (non-hydrogen) atoms. The predicted octanol–water partition coefficient (Wildman–Crippen LogP) is 2.52. The third kappa shape index (κ3) is 2.59. The molecule has 1 unspecified atom stereocenters. The molecule has 1 N–H and O–H groups in total. The SMILES string of the molecule is CN(C(=O)[C@H]1CCCNC1)C1CCCc2ccccc21. The third-order valence-corrected chi connectivity index (χ3v) is 4.80. The topological polar surface area (TPSA) is 32.3 Å². The van der Waals surface area contributed by atoms with Gasteiger partial charge in [-0.1, -0.05) is 24.3 Å². The average Bonchev–Trinajstić information content (AvgIpc) is 2.54. The largest absolute Gasteiger partial charge is 0.338 e. The van der Waals surface area contributed by atoms with Crippen LogP contribution in [-0.2, 0) is 11.2 Å². The van der Waals surface area contributed by atoms with Crippen LogP contribution in [0.3, 0.4) is 0 Å². The van der Waals surface area contributed by atoms with E-state index in [2.05, 4.69) is 29.6 Å². The van der Waals surface area contributed by atoms with Crippen LogP contribution in [0.5, 0.6) is 0 Å². The Morgan fingerprint density at radius 3 is 2.90 bits per heavy atom. The summed E-state index contributed by atoms with van der Waals surface area (Å²) in [4.78, 5) is 14.7. The molecule has 1 aliphatic heterocycles. The standard InChI is InChI=1S/C17H24N2O/c1-19(17(20)14-8-5-11-18-12-14)16-10-4-7-13-6-2-3-9-15(13)16/h2-3,6,9,14,16,18H,4-5,7-8,10-12H2,1H3/t14-,16?/m0/s1. The molecule has 3 heteroatoms. The number of carbonyl (C=O) groups is 1. The van der Waals surface area contributed by atoms with Crippen molar-refractivity contribution in [3.8, 4) is 0 Å². The van der Waals surface area contributed by atoms with E-state index in [0.29, 0.717) is 5.91 Å². The van der Waals surface area contributed by atoms with Gasteiger partial charge in [0, 0.05) is 13.6 Å². The lowest BCUT2D eigenvalue weighted by Gasteiger charge is -2.36. The van der Waals surface area contributed by atoms with Gasteiger partial charge in [0.15, 0.2) is 0 Å². The molecule has 1 aromatic rings. The Bertz CT molecular complexity index is 480. The number of nitrogens with one attached hydrogen (secondary N) is 1. The number of fused-ring (bicyclic) bond motifs is 1. The highest BCUT2D eigenvalue weighted by molar-refractivity contribution is 5.79. The molecule has 1 aliphatic carbocycles. The number of nitrogens with zero attached hydrogens (tertiary/aromatic N) is 1. The van der Waals surface area contributed by atoms with Crippen molar-refractivity contribution in [1.29, 1.82) is 0 Å². The summed E-state index contributed by atoms with van der Waals surface area (Å²) in [5, 5.41) is 3.35. The molecule has 1 aromatic carbocycles. The predicted molar refractivity (Wildman–Crippen MR) is 80.5 cm³/mol. The molecule has 3 nitrogen and oxygen atoms in total. The van der Waals surface area contributed by atoms with Crippen molar-refractivity contribution in [2.75, 3.05) is 20.1 Å². The zero-order valence-electron chi connectivity index (χ0n) is 12.3. The smallest absolute Gasteiger partial charge is 0.227 e. The molecule has 0 radical (unpaired) electrons. The third-order valence-electron chi connectivity index (χ3n) is 4.80. The Labute approximate surface area is 121 Å². The van der Waals surface area contributed by atoms with Crippen LogP contribution in [0.1, 0.15) is 42.9 Å². The average molecular weight is 272 g/mol. The Balaban J connectivity index is 1.77. The van der Waals surface area contributed by atoms with Crippen LogP contribution in [0, 0.1) is 5.92 Å². The van der Waals surface area contributed by atoms with Gasteiger partial charge in [-0.25, -0.2) is 0 Å². The zero-order valence-corrected chi connectivity index (χ0v) is 12.3. The summed E-state index contributed by atoms with van der Waals surface area (Å²) in [7, 11) is 1.99. The molecule has 0 aromatic heterocycles. The molecule has 1 saturated heterocycles. The van der Waals surface area contributed by atoms with Gasteiger partial charge in [0.05, 0.1) is 12.0 Å². The van der Waals surface area contributed by atoms with E-state index in [1.54, 1.807) is 0 Å². The van der Waals surface area contributed by atoms with Gasteiger partial charge in [0.1, 0.15) is 0 Å². The van der Waals surface area contributed by atoms with E-state index in [0.717, 1.165) is 38.8 Å². The molecule has 2 aliphatic rings. The number of rotatable bonds is 2. The number of hydrogen-bond acceptors (Lipinski definition) is 2. The molecule has 108 valence electrons. The maximum Gasteiger partial charge on any atom is 0.227 e. The fourth-order valence-corrected chi connectivity index (χ4v) is 3.63. The summed E-state index contributed by atoms with van der Waals surface area (Å²) < 4.78 is 0. The van der Waals surface area contributed by atoms with Crippen LogP contribution < -0.4 is 5.32 Å². The van der Waals surface area contributed by atoms with Crippen LogP contribution in [0.25, 0.3) is 0 Å². The van der Waals surface area contributed by atoms with Gasteiger partial charge >= 0.3 is 0 Å². The molecule has 2 atom stereocenters. The van der Waals surface area contributed by atoms with Gasteiger partial charge in [-0.05, 0) is 49.8 Å². The van der Waals surface area contributed by atoms with Crippen molar-refractivity contribution >= 4 is 5.91 Å². The Morgan fingerprint density at radius 2 is 2.10 bits per heavy atom. The summed E-state index contributed by atoms with van der Waals surface area (Å²) in [6.45, 7) is 1.90. The molecular weight excluding hydrogens is 248 g/mol. The Hall–Kier alpha value is -1.35. The minimum atomic E-state index is 0.169. The van der Waals surface area contributed by atoms with Gasteiger partial charge in [-0.3, -0.25) is 4.79 Å². The Morgan fingerprint density at radius 1 is 1.25 bits per heavy atom. The van der Waals surface area contributed by atoms with E-state index < -0.39 is 0 Å². The number of hydrogen-bond donors (Lipinski definition) is 1. The lowest BCUT2D eigenvalue weighted by Crippen LogP contribution is -2.43. The zero-order chi connectivity index (χ0) is 13.9. The minimum absolute atomic E-state index is 0.169. The highest BCUT2D eigenvalue weighted by Crippen LogP contribution is 2.34. The lowest BCUT2D eigenvalue weighted by atomic mass is 9.86. The summed E-state index contributed by atoms with van der Waals surface area (Å²) in [5.41, 5.74) is 2.78. The molecule has 1 heterocycles. The normalized spacial score (nSPS) is 25.9.